The van der Waals surface area contributed by atoms with E-state index in [-0.39, 0.29) is 19.3 Å². The molecule has 0 rings (SSSR count). The number of unbranched alkanes of at least 4 members (excludes halogenated alkanes) is 24. The summed E-state index contributed by atoms with van der Waals surface area (Å²) in [5, 5.41) is 0. The maximum Gasteiger partial charge on any atom is 0.653 e. The van der Waals surface area contributed by atoms with E-state index in [2.05, 4.69) is 93.7 Å². The molecule has 0 aliphatic heterocycles. The second-order valence-corrected chi connectivity index (χ2v) is 18.2. The lowest BCUT2D eigenvalue weighted by molar-refractivity contribution is -0.144. The smallest absolute Gasteiger partial charge is 0.352 e. The third-order valence-corrected chi connectivity index (χ3v) is 11.9. The molecule has 0 aromatic rings. The van der Waals surface area contributed by atoms with Crippen molar-refractivity contribution in [2.24, 2.45) is 0 Å². The average molecular weight is 885 g/mol. The van der Waals surface area contributed by atoms with Gasteiger partial charge in [0.05, 0.1) is 0 Å². The Hall–Kier alpha value is -2.92. The Kier molecular flexibility index (Phi) is 45.3. The summed E-state index contributed by atoms with van der Waals surface area (Å²) in [5.74, 6) is -2.35. The molecule has 356 valence electrons. The van der Waals surface area contributed by atoms with Gasteiger partial charge in [0.15, 0.2) is 0 Å². The van der Waals surface area contributed by atoms with E-state index in [0.717, 1.165) is 135 Å². The molecule has 0 spiro atoms. The van der Waals surface area contributed by atoms with E-state index in [1.807, 2.05) is 0 Å². The number of phosphoric ester groups is 1. The topological polar surface area (TPSA) is 96.0 Å². The lowest BCUT2D eigenvalue weighted by Gasteiger charge is -2.16. The minimum Gasteiger partial charge on any atom is -0.352 e. The maximum atomic E-state index is 13.6. The number of allylic oxidation sites excluding steroid dienone is 12. The van der Waals surface area contributed by atoms with E-state index in [9.17, 15) is 18.9 Å². The van der Waals surface area contributed by atoms with Crippen molar-refractivity contribution in [3.05, 3.63) is 72.9 Å². The first kappa shape index (κ1) is 59.1. The van der Waals surface area contributed by atoms with Crippen molar-refractivity contribution in [1.82, 2.24) is 0 Å². The molecule has 62 heavy (non-hydrogen) atoms. The largest absolute Gasteiger partial charge is 0.653 e. The molecule has 0 aliphatic carbocycles. The Morgan fingerprint density at radius 2 is 0.516 bits per heavy atom. The van der Waals surface area contributed by atoms with Gasteiger partial charge in [0, 0.05) is 19.3 Å². The minimum absolute atomic E-state index is 0.0134. The lowest BCUT2D eigenvalue weighted by Crippen LogP contribution is -2.14. The van der Waals surface area contributed by atoms with Gasteiger partial charge in [0.25, 0.3) is 0 Å². The van der Waals surface area contributed by atoms with Crippen LogP contribution < -0.4 is 0 Å². The van der Waals surface area contributed by atoms with Crippen molar-refractivity contribution in [3.63, 3.8) is 0 Å². The zero-order valence-electron chi connectivity index (χ0n) is 40.2. The van der Waals surface area contributed by atoms with Crippen molar-refractivity contribution in [3.8, 4) is 0 Å². The Morgan fingerprint density at radius 1 is 0.306 bits per heavy atom. The van der Waals surface area contributed by atoms with Crippen molar-refractivity contribution < 1.29 is 32.5 Å². The Labute approximate surface area is 381 Å². The summed E-state index contributed by atoms with van der Waals surface area (Å²) in [6.45, 7) is 6.67. The van der Waals surface area contributed by atoms with E-state index in [4.69, 9.17) is 13.6 Å². The molecular weight excluding hydrogens is 792 g/mol. The van der Waals surface area contributed by atoms with Crippen LogP contribution in [0.5, 0.6) is 0 Å². The van der Waals surface area contributed by atoms with Gasteiger partial charge < -0.3 is 13.6 Å². The van der Waals surface area contributed by atoms with Crippen LogP contribution in [0.15, 0.2) is 72.9 Å². The van der Waals surface area contributed by atoms with Gasteiger partial charge >= 0.3 is 25.7 Å². The van der Waals surface area contributed by atoms with Crippen LogP contribution in [0.2, 0.25) is 0 Å². The molecule has 0 N–H and O–H groups in total. The molecule has 0 aromatic carbocycles. The summed E-state index contributed by atoms with van der Waals surface area (Å²) in [5.41, 5.74) is 0. The molecule has 0 saturated heterocycles. The normalized spacial score (nSPS) is 12.4. The molecule has 0 heterocycles. The van der Waals surface area contributed by atoms with Gasteiger partial charge in [-0.2, -0.15) is 4.57 Å². The predicted octanol–water partition coefficient (Wildman–Crippen LogP) is 18.2. The maximum absolute atomic E-state index is 13.6. The zero-order chi connectivity index (χ0) is 45.3. The van der Waals surface area contributed by atoms with Crippen molar-refractivity contribution in [2.75, 3.05) is 0 Å². The molecule has 0 fully saturated rings. The van der Waals surface area contributed by atoms with Crippen LogP contribution >= 0.6 is 7.82 Å². The molecule has 0 unspecified atom stereocenters. The monoisotopic (exact) mass is 885 g/mol. The summed E-state index contributed by atoms with van der Waals surface area (Å²) in [6, 6.07) is 0. The molecule has 0 amide bonds. The fourth-order valence-corrected chi connectivity index (χ4v) is 7.94. The standard InChI is InChI=1S/C54H93O7P/c1-4-7-10-13-16-19-22-25-28-31-34-37-40-43-46-49-52(55)59-62(58,60-53(56)50-47-44-41-38-35-32-29-26-23-20-17-14-11-8-5-2)61-54(57)51-48-45-42-39-36-33-30-27-24-21-18-15-12-9-6-3/h16-21,25-30H,4-15,22-24,31-51H2,1-3H3/b19-16-,20-17-,21-18-,28-25-,29-26-,30-27-. The van der Waals surface area contributed by atoms with Gasteiger partial charge in [-0.15, -0.1) is 0 Å². The second-order valence-electron chi connectivity index (χ2n) is 16.8. The zero-order valence-corrected chi connectivity index (χ0v) is 41.1. The first-order valence-electron chi connectivity index (χ1n) is 25.5. The van der Waals surface area contributed by atoms with Crippen LogP contribution in [0.4, 0.5) is 0 Å². The SMILES string of the molecule is CCCCC/C=C\C/C=C\CCCCCCCC(=O)OP(=O)(OC(=O)CCCCCCC/C=C\C/C=C\CCCCC)OC(=O)CCCCCCC/C=C\C/C=C\CCCCC. The van der Waals surface area contributed by atoms with Crippen LogP contribution in [-0.2, 0) is 32.5 Å². The van der Waals surface area contributed by atoms with Gasteiger partial charge in [0.2, 0.25) is 0 Å². The quantitative estimate of drug-likeness (QED) is 0.0341. The molecule has 7 nitrogen and oxygen atoms in total. The van der Waals surface area contributed by atoms with E-state index in [1.54, 1.807) is 0 Å². The highest BCUT2D eigenvalue weighted by Gasteiger charge is 2.39. The number of hydrogen-bond acceptors (Lipinski definition) is 7. The molecule has 8 heteroatoms. The van der Waals surface area contributed by atoms with Crippen LogP contribution in [-0.4, -0.2) is 17.9 Å². The predicted molar refractivity (Wildman–Crippen MR) is 264 cm³/mol. The molecule has 0 saturated carbocycles. The minimum atomic E-state index is -4.74. The number of carbonyl (C=O) groups excluding carboxylic acids is 3. The van der Waals surface area contributed by atoms with E-state index in [1.165, 1.54) is 57.8 Å². The number of phosphoric acid groups is 1. The molecule has 0 radical (unpaired) electrons. The highest BCUT2D eigenvalue weighted by molar-refractivity contribution is 7.50. The number of carbonyl (C=O) groups is 3. The van der Waals surface area contributed by atoms with E-state index in [0.29, 0.717) is 19.3 Å². The van der Waals surface area contributed by atoms with Crippen LogP contribution in [0.3, 0.4) is 0 Å². The lowest BCUT2D eigenvalue weighted by atomic mass is 10.1. The van der Waals surface area contributed by atoms with Gasteiger partial charge in [-0.1, -0.05) is 190 Å². The summed E-state index contributed by atoms with van der Waals surface area (Å²) in [6.07, 6.45) is 61.4. The fourth-order valence-electron chi connectivity index (χ4n) is 6.81. The van der Waals surface area contributed by atoms with Gasteiger partial charge in [-0.05, 0) is 116 Å². The second kappa shape index (κ2) is 47.6. The Bertz CT molecular complexity index is 1120. The van der Waals surface area contributed by atoms with Gasteiger partial charge in [-0.3, -0.25) is 14.4 Å². The first-order valence-corrected chi connectivity index (χ1v) is 27.0. The van der Waals surface area contributed by atoms with E-state index < -0.39 is 25.7 Å². The number of rotatable bonds is 45. The van der Waals surface area contributed by atoms with Gasteiger partial charge in [-0.25, -0.2) is 0 Å². The van der Waals surface area contributed by atoms with Crippen LogP contribution in [0.25, 0.3) is 0 Å². The van der Waals surface area contributed by atoms with Crippen molar-refractivity contribution in [1.29, 1.82) is 0 Å². The Morgan fingerprint density at radius 3 is 0.758 bits per heavy atom. The molecule has 0 bridgehead atoms. The van der Waals surface area contributed by atoms with Crippen LogP contribution in [0, 0.1) is 0 Å². The summed E-state index contributed by atoms with van der Waals surface area (Å²) in [4.78, 5) is 38.3. The third-order valence-electron chi connectivity index (χ3n) is 10.6. The highest BCUT2D eigenvalue weighted by Crippen LogP contribution is 2.51. The van der Waals surface area contributed by atoms with Crippen molar-refractivity contribution >= 4 is 25.7 Å². The highest BCUT2D eigenvalue weighted by atomic mass is 31.2. The number of hydrogen-bond donors (Lipinski definition) is 0. The van der Waals surface area contributed by atoms with Crippen molar-refractivity contribution in [2.45, 2.75) is 252 Å². The summed E-state index contributed by atoms with van der Waals surface area (Å²) in [7, 11) is -4.74. The summed E-state index contributed by atoms with van der Waals surface area (Å²) < 4.78 is 29.0. The Balaban J connectivity index is 4.63. The molecule has 0 aliphatic rings. The molecule has 0 atom stereocenters. The van der Waals surface area contributed by atoms with Gasteiger partial charge in [0.1, 0.15) is 0 Å². The first-order chi connectivity index (χ1) is 30.4. The summed E-state index contributed by atoms with van der Waals surface area (Å²) >= 11 is 0. The fraction of sp³-hybridized carbons (Fsp3) is 0.722. The average Bonchev–Trinajstić information content (AvgIpc) is 3.24. The molecular formula is C54H93O7P. The third kappa shape index (κ3) is 45.1. The van der Waals surface area contributed by atoms with E-state index >= 15 is 0 Å². The molecule has 0 aromatic heterocycles. The van der Waals surface area contributed by atoms with Crippen LogP contribution in [0.1, 0.15) is 252 Å².